The summed E-state index contributed by atoms with van der Waals surface area (Å²) in [5, 5.41) is 3.63. The predicted octanol–water partition coefficient (Wildman–Crippen LogP) is 5.00. The van der Waals surface area contributed by atoms with E-state index in [2.05, 4.69) is 20.3 Å². The number of hydrogen-bond donors (Lipinski definition) is 1. The van der Waals surface area contributed by atoms with E-state index in [-0.39, 0.29) is 12.5 Å². The van der Waals surface area contributed by atoms with Gasteiger partial charge in [0.05, 0.1) is 24.2 Å². The third-order valence-corrected chi connectivity index (χ3v) is 6.28. The van der Waals surface area contributed by atoms with Crippen LogP contribution in [0.5, 0.6) is 11.5 Å². The lowest BCUT2D eigenvalue weighted by Gasteiger charge is -2.12. The van der Waals surface area contributed by atoms with Gasteiger partial charge in [-0.3, -0.25) is 9.78 Å². The molecule has 0 bridgehead atoms. The summed E-state index contributed by atoms with van der Waals surface area (Å²) in [6.45, 7) is 2.08. The maximum absolute atomic E-state index is 13.0. The fourth-order valence-corrected chi connectivity index (χ4v) is 4.41. The number of fused-ring (bicyclic) bond motifs is 1. The molecule has 1 N–H and O–H groups in total. The van der Waals surface area contributed by atoms with Gasteiger partial charge in [-0.1, -0.05) is 12.1 Å². The fourth-order valence-electron chi connectivity index (χ4n) is 3.47. The number of imidazole rings is 1. The highest BCUT2D eigenvalue weighted by Gasteiger charge is 2.18. The van der Waals surface area contributed by atoms with Gasteiger partial charge in [0.1, 0.15) is 22.1 Å². The molecule has 8 nitrogen and oxygen atoms in total. The Hall–Kier alpha value is -4.24. The number of benzene rings is 1. The van der Waals surface area contributed by atoms with Crippen molar-refractivity contribution in [2.45, 2.75) is 13.5 Å². The van der Waals surface area contributed by atoms with E-state index in [0.717, 1.165) is 17.0 Å². The summed E-state index contributed by atoms with van der Waals surface area (Å²) < 4.78 is 13.4. The molecule has 4 heterocycles. The van der Waals surface area contributed by atoms with Gasteiger partial charge >= 0.3 is 0 Å². The standard InChI is InChI=1S/C25H21N5O3S/c1-16-23(34-25(27-16)19-7-3-5-11-26-19)24(31)29-17-9-10-20(32-2)21(13-17)33-15-18-14-30-12-6-4-8-22(30)28-18/h3-14H,15H2,1-2H3,(H,29,31). The summed E-state index contributed by atoms with van der Waals surface area (Å²) in [5.41, 5.74) is 3.61. The van der Waals surface area contributed by atoms with Crippen LogP contribution in [0, 0.1) is 6.92 Å². The number of anilines is 1. The highest BCUT2D eigenvalue weighted by atomic mass is 32.1. The minimum absolute atomic E-state index is 0.242. The number of carbonyl (C=O) groups excluding carboxylic acids is 1. The van der Waals surface area contributed by atoms with Crippen LogP contribution < -0.4 is 14.8 Å². The summed E-state index contributed by atoms with van der Waals surface area (Å²) in [7, 11) is 1.57. The van der Waals surface area contributed by atoms with Crippen molar-refractivity contribution in [2.75, 3.05) is 12.4 Å². The first kappa shape index (κ1) is 21.6. The topological polar surface area (TPSA) is 90.6 Å². The molecule has 170 valence electrons. The molecule has 0 aliphatic carbocycles. The van der Waals surface area contributed by atoms with Crippen molar-refractivity contribution < 1.29 is 14.3 Å². The lowest BCUT2D eigenvalue weighted by Crippen LogP contribution is -2.11. The summed E-state index contributed by atoms with van der Waals surface area (Å²) in [4.78, 5) is 26.9. The molecule has 1 amide bonds. The van der Waals surface area contributed by atoms with Crippen LogP contribution in [-0.2, 0) is 6.61 Å². The maximum atomic E-state index is 13.0. The van der Waals surface area contributed by atoms with E-state index in [9.17, 15) is 4.79 Å². The molecule has 0 atom stereocenters. The minimum atomic E-state index is -0.242. The van der Waals surface area contributed by atoms with Gasteiger partial charge in [0, 0.05) is 30.3 Å². The largest absolute Gasteiger partial charge is 0.493 e. The molecular formula is C25H21N5O3S. The number of aromatic nitrogens is 4. The van der Waals surface area contributed by atoms with Crippen LogP contribution in [0.3, 0.4) is 0 Å². The van der Waals surface area contributed by atoms with E-state index in [4.69, 9.17) is 9.47 Å². The second-order valence-corrected chi connectivity index (χ2v) is 8.45. The molecule has 0 saturated heterocycles. The minimum Gasteiger partial charge on any atom is -0.493 e. The SMILES string of the molecule is COc1ccc(NC(=O)c2sc(-c3ccccn3)nc2C)cc1OCc1cn2ccccc2n1. The van der Waals surface area contributed by atoms with Gasteiger partial charge in [-0.15, -0.1) is 11.3 Å². The highest BCUT2D eigenvalue weighted by molar-refractivity contribution is 7.17. The van der Waals surface area contributed by atoms with Gasteiger partial charge in [-0.05, 0) is 43.3 Å². The van der Waals surface area contributed by atoms with Crippen LogP contribution in [0.4, 0.5) is 5.69 Å². The Morgan fingerprint density at radius 3 is 2.76 bits per heavy atom. The number of pyridine rings is 2. The lowest BCUT2D eigenvalue weighted by atomic mass is 10.2. The number of methoxy groups -OCH3 is 1. The summed E-state index contributed by atoms with van der Waals surface area (Å²) in [5.74, 6) is 0.828. The summed E-state index contributed by atoms with van der Waals surface area (Å²) in [6, 6.07) is 16.7. The lowest BCUT2D eigenvalue weighted by molar-refractivity contribution is 0.103. The second kappa shape index (κ2) is 9.32. The Morgan fingerprint density at radius 2 is 1.97 bits per heavy atom. The van der Waals surface area contributed by atoms with Crippen LogP contribution in [0.15, 0.2) is 73.2 Å². The van der Waals surface area contributed by atoms with Crippen molar-refractivity contribution in [3.8, 4) is 22.2 Å². The first-order valence-corrected chi connectivity index (χ1v) is 11.4. The van der Waals surface area contributed by atoms with E-state index >= 15 is 0 Å². The number of ether oxygens (including phenoxy) is 2. The molecule has 0 spiro atoms. The molecule has 5 rings (SSSR count). The van der Waals surface area contributed by atoms with Crippen LogP contribution in [0.1, 0.15) is 21.1 Å². The van der Waals surface area contributed by atoms with Gasteiger partial charge in [0.25, 0.3) is 5.91 Å². The molecule has 0 aliphatic heterocycles. The molecule has 0 unspecified atom stereocenters. The highest BCUT2D eigenvalue weighted by Crippen LogP contribution is 2.32. The smallest absolute Gasteiger partial charge is 0.267 e. The van der Waals surface area contributed by atoms with E-state index < -0.39 is 0 Å². The first-order valence-electron chi connectivity index (χ1n) is 10.5. The monoisotopic (exact) mass is 471 g/mol. The average molecular weight is 472 g/mol. The Morgan fingerprint density at radius 1 is 1.09 bits per heavy atom. The van der Waals surface area contributed by atoms with Gasteiger partial charge in [0.2, 0.25) is 0 Å². The molecule has 0 saturated carbocycles. The van der Waals surface area contributed by atoms with Crippen molar-refractivity contribution in [3.63, 3.8) is 0 Å². The van der Waals surface area contributed by atoms with Gasteiger partial charge in [-0.2, -0.15) is 0 Å². The van der Waals surface area contributed by atoms with Crippen molar-refractivity contribution in [3.05, 3.63) is 89.5 Å². The number of rotatable bonds is 7. The third-order valence-electron chi connectivity index (χ3n) is 5.10. The molecule has 0 radical (unpaired) electrons. The zero-order valence-electron chi connectivity index (χ0n) is 18.6. The van der Waals surface area contributed by atoms with Crippen LogP contribution >= 0.6 is 11.3 Å². The molecule has 1 aromatic carbocycles. The average Bonchev–Trinajstić information content (AvgIpc) is 3.46. The molecule has 0 fully saturated rings. The molecular weight excluding hydrogens is 450 g/mol. The van der Waals surface area contributed by atoms with Gasteiger partial charge in [0.15, 0.2) is 11.5 Å². The number of amides is 1. The molecule has 5 aromatic rings. The van der Waals surface area contributed by atoms with Gasteiger partial charge < -0.3 is 19.2 Å². The number of hydrogen-bond acceptors (Lipinski definition) is 7. The van der Waals surface area contributed by atoms with Crippen molar-refractivity contribution >= 4 is 28.6 Å². The Labute approximate surface area is 199 Å². The van der Waals surface area contributed by atoms with Gasteiger partial charge in [-0.25, -0.2) is 9.97 Å². The van der Waals surface area contributed by atoms with Crippen LogP contribution in [-0.4, -0.2) is 32.4 Å². The quantitative estimate of drug-likeness (QED) is 0.359. The number of aryl methyl sites for hydroxylation is 1. The van der Waals surface area contributed by atoms with Crippen LogP contribution in [0.2, 0.25) is 0 Å². The Bertz CT molecular complexity index is 1430. The van der Waals surface area contributed by atoms with E-state index in [1.807, 2.05) is 60.1 Å². The zero-order chi connectivity index (χ0) is 23.5. The zero-order valence-corrected chi connectivity index (χ0v) is 19.4. The summed E-state index contributed by atoms with van der Waals surface area (Å²) in [6.07, 6.45) is 5.55. The molecule has 0 aliphatic rings. The van der Waals surface area contributed by atoms with E-state index in [1.165, 1.54) is 11.3 Å². The van der Waals surface area contributed by atoms with Crippen molar-refractivity contribution in [1.29, 1.82) is 0 Å². The first-order chi connectivity index (χ1) is 16.6. The van der Waals surface area contributed by atoms with E-state index in [0.29, 0.717) is 32.8 Å². The second-order valence-electron chi connectivity index (χ2n) is 7.46. The van der Waals surface area contributed by atoms with Crippen LogP contribution in [0.25, 0.3) is 16.3 Å². The predicted molar refractivity (Wildman–Crippen MR) is 131 cm³/mol. The Balaban J connectivity index is 1.33. The van der Waals surface area contributed by atoms with Crippen molar-refractivity contribution in [2.24, 2.45) is 0 Å². The number of nitrogens with zero attached hydrogens (tertiary/aromatic N) is 4. The van der Waals surface area contributed by atoms with E-state index in [1.54, 1.807) is 31.5 Å². The van der Waals surface area contributed by atoms with Crippen molar-refractivity contribution in [1.82, 2.24) is 19.4 Å². The third kappa shape index (κ3) is 4.46. The Kier molecular flexibility index (Phi) is 5.92. The fraction of sp³-hybridized carbons (Fsp3) is 0.120. The normalized spacial score (nSPS) is 10.9. The number of carbonyl (C=O) groups is 1. The summed E-state index contributed by atoms with van der Waals surface area (Å²) >= 11 is 1.31. The number of thiazole rings is 1. The molecule has 4 aromatic heterocycles. The maximum Gasteiger partial charge on any atom is 0.267 e. The molecule has 34 heavy (non-hydrogen) atoms. The molecule has 9 heteroatoms. The number of nitrogens with one attached hydrogen (secondary N) is 1.